The minimum Gasteiger partial charge on any atom is -0.346 e. The molecular weight excluding hydrogens is 210 g/mol. The number of carbonyl (C=O) groups excluding carboxylic acids is 1. The summed E-state index contributed by atoms with van der Waals surface area (Å²) in [5.41, 5.74) is 1.41. The third-order valence-electron chi connectivity index (χ3n) is 3.68. The predicted molar refractivity (Wildman–Crippen MR) is 69.7 cm³/mol. The number of hydrogen-bond acceptors (Lipinski definition) is 1. The van der Waals surface area contributed by atoms with Gasteiger partial charge in [-0.15, -0.1) is 0 Å². The molecule has 1 heterocycles. The summed E-state index contributed by atoms with van der Waals surface area (Å²) in [5.74, 6) is 0.934. The lowest BCUT2D eigenvalue weighted by Gasteiger charge is -2.28. The second kappa shape index (κ2) is 5.85. The maximum Gasteiger partial charge on any atom is 0.222 e. The van der Waals surface area contributed by atoms with Gasteiger partial charge in [0.15, 0.2) is 0 Å². The van der Waals surface area contributed by atoms with Crippen molar-refractivity contribution in [1.82, 2.24) is 4.90 Å². The number of hydrogen-bond donors (Lipinski definition) is 0. The zero-order valence-electron chi connectivity index (χ0n) is 10.6. The van der Waals surface area contributed by atoms with E-state index in [2.05, 4.69) is 30.3 Å². The molecule has 1 aromatic rings. The van der Waals surface area contributed by atoms with E-state index in [0.29, 0.717) is 11.8 Å². The molecule has 0 aliphatic carbocycles. The molecule has 1 atom stereocenters. The summed E-state index contributed by atoms with van der Waals surface area (Å²) in [6, 6.07) is 10.6. The summed E-state index contributed by atoms with van der Waals surface area (Å²) >= 11 is 0. The second-order valence-electron chi connectivity index (χ2n) is 5.05. The molecular formula is C15H21NO. The zero-order chi connectivity index (χ0) is 12.1. The first-order valence-electron chi connectivity index (χ1n) is 6.53. The van der Waals surface area contributed by atoms with Gasteiger partial charge in [0.1, 0.15) is 0 Å². The number of rotatable bonds is 4. The highest BCUT2D eigenvalue weighted by Gasteiger charge is 2.22. The average molecular weight is 231 g/mol. The van der Waals surface area contributed by atoms with Crippen LogP contribution in [-0.2, 0) is 11.2 Å². The third kappa shape index (κ3) is 3.58. The minimum atomic E-state index is 0.320. The summed E-state index contributed by atoms with van der Waals surface area (Å²) in [6.07, 6.45) is 5.46. The first-order chi connectivity index (χ1) is 8.25. The van der Waals surface area contributed by atoms with Gasteiger partial charge in [0.05, 0.1) is 0 Å². The van der Waals surface area contributed by atoms with E-state index in [-0.39, 0.29) is 0 Å². The summed E-state index contributed by atoms with van der Waals surface area (Å²) in [5, 5.41) is 0. The average Bonchev–Trinajstić information content (AvgIpc) is 2.35. The lowest BCUT2D eigenvalue weighted by molar-refractivity contribution is -0.133. The van der Waals surface area contributed by atoms with E-state index in [1.807, 2.05) is 11.9 Å². The molecule has 92 valence electrons. The number of likely N-dealkylation sites (tertiary alicyclic amines) is 1. The van der Waals surface area contributed by atoms with Crippen LogP contribution in [0.25, 0.3) is 0 Å². The summed E-state index contributed by atoms with van der Waals surface area (Å²) in [6.45, 7) is 0.939. The number of amides is 1. The molecule has 0 N–H and O–H groups in total. The molecule has 1 aromatic carbocycles. The highest BCUT2D eigenvalue weighted by Crippen LogP contribution is 2.22. The monoisotopic (exact) mass is 231 g/mol. The van der Waals surface area contributed by atoms with Gasteiger partial charge in [0.2, 0.25) is 5.91 Å². The Morgan fingerprint density at radius 1 is 1.29 bits per heavy atom. The van der Waals surface area contributed by atoms with Crippen LogP contribution in [0, 0.1) is 5.92 Å². The quantitative estimate of drug-likeness (QED) is 0.780. The van der Waals surface area contributed by atoms with Crippen LogP contribution in [-0.4, -0.2) is 24.4 Å². The Morgan fingerprint density at radius 3 is 2.76 bits per heavy atom. The maximum absolute atomic E-state index is 11.6. The topological polar surface area (TPSA) is 20.3 Å². The Labute approximate surface area is 104 Å². The smallest absolute Gasteiger partial charge is 0.222 e. The van der Waals surface area contributed by atoms with Crippen LogP contribution in [0.1, 0.15) is 31.2 Å². The van der Waals surface area contributed by atoms with Gasteiger partial charge in [-0.1, -0.05) is 30.3 Å². The summed E-state index contributed by atoms with van der Waals surface area (Å²) < 4.78 is 0. The fraction of sp³-hybridized carbons (Fsp3) is 0.533. The van der Waals surface area contributed by atoms with E-state index >= 15 is 0 Å². The molecule has 0 saturated carbocycles. The van der Waals surface area contributed by atoms with E-state index in [1.165, 1.54) is 24.8 Å². The maximum atomic E-state index is 11.6. The van der Waals surface area contributed by atoms with Gasteiger partial charge in [-0.05, 0) is 37.2 Å². The van der Waals surface area contributed by atoms with Crippen molar-refractivity contribution in [3.63, 3.8) is 0 Å². The van der Waals surface area contributed by atoms with Gasteiger partial charge in [0, 0.05) is 20.0 Å². The van der Waals surface area contributed by atoms with Crippen molar-refractivity contribution in [2.75, 3.05) is 13.6 Å². The van der Waals surface area contributed by atoms with Crippen molar-refractivity contribution in [2.24, 2.45) is 5.92 Å². The van der Waals surface area contributed by atoms with Gasteiger partial charge >= 0.3 is 0 Å². The van der Waals surface area contributed by atoms with Crippen molar-refractivity contribution in [3.05, 3.63) is 35.9 Å². The molecule has 1 saturated heterocycles. The van der Waals surface area contributed by atoms with E-state index in [1.54, 1.807) is 0 Å². The molecule has 1 unspecified atom stereocenters. The van der Waals surface area contributed by atoms with E-state index in [4.69, 9.17) is 0 Å². The first-order valence-corrected chi connectivity index (χ1v) is 6.53. The van der Waals surface area contributed by atoms with Gasteiger partial charge < -0.3 is 4.90 Å². The van der Waals surface area contributed by atoms with E-state index in [0.717, 1.165) is 19.4 Å². The van der Waals surface area contributed by atoms with Crippen molar-refractivity contribution < 1.29 is 4.79 Å². The summed E-state index contributed by atoms with van der Waals surface area (Å²) in [7, 11) is 1.91. The van der Waals surface area contributed by atoms with Crippen LogP contribution in [0.15, 0.2) is 30.3 Å². The van der Waals surface area contributed by atoms with E-state index < -0.39 is 0 Å². The molecule has 0 spiro atoms. The Hall–Kier alpha value is -1.31. The number of piperidine rings is 1. The van der Waals surface area contributed by atoms with Crippen molar-refractivity contribution in [1.29, 1.82) is 0 Å². The van der Waals surface area contributed by atoms with Crippen molar-refractivity contribution >= 4 is 5.91 Å². The minimum absolute atomic E-state index is 0.320. The van der Waals surface area contributed by atoms with Gasteiger partial charge in [-0.3, -0.25) is 4.79 Å². The van der Waals surface area contributed by atoms with Gasteiger partial charge in [-0.25, -0.2) is 0 Å². The highest BCUT2D eigenvalue weighted by atomic mass is 16.2. The fourth-order valence-corrected chi connectivity index (χ4v) is 2.49. The molecule has 17 heavy (non-hydrogen) atoms. The predicted octanol–water partition coefficient (Wildman–Crippen LogP) is 2.88. The number of carbonyl (C=O) groups is 1. The standard InChI is InChI=1S/C15H21NO/c1-16-11-10-14(12-15(16)17)9-5-8-13-6-3-2-4-7-13/h2-4,6-7,14H,5,8-12H2,1H3. The molecule has 2 heteroatoms. The second-order valence-corrected chi connectivity index (χ2v) is 5.05. The SMILES string of the molecule is CN1CCC(CCCc2ccccc2)CC1=O. The van der Waals surface area contributed by atoms with Gasteiger partial charge in [-0.2, -0.15) is 0 Å². The van der Waals surface area contributed by atoms with Crippen LogP contribution in [0.4, 0.5) is 0 Å². The van der Waals surface area contributed by atoms with Crippen molar-refractivity contribution in [3.8, 4) is 0 Å². The summed E-state index contributed by atoms with van der Waals surface area (Å²) in [4.78, 5) is 13.4. The molecule has 1 aliphatic rings. The fourth-order valence-electron chi connectivity index (χ4n) is 2.49. The molecule has 0 radical (unpaired) electrons. The number of benzene rings is 1. The Morgan fingerprint density at radius 2 is 2.06 bits per heavy atom. The van der Waals surface area contributed by atoms with Crippen molar-refractivity contribution in [2.45, 2.75) is 32.1 Å². The number of nitrogens with zero attached hydrogens (tertiary/aromatic N) is 1. The molecule has 0 aromatic heterocycles. The third-order valence-corrected chi connectivity index (χ3v) is 3.68. The largest absolute Gasteiger partial charge is 0.346 e. The molecule has 0 bridgehead atoms. The van der Waals surface area contributed by atoms with Gasteiger partial charge in [0.25, 0.3) is 0 Å². The molecule has 2 rings (SSSR count). The lowest BCUT2D eigenvalue weighted by atomic mass is 9.90. The van der Waals surface area contributed by atoms with Crippen LogP contribution in [0.3, 0.4) is 0 Å². The normalized spacial score (nSPS) is 20.6. The van der Waals surface area contributed by atoms with E-state index in [9.17, 15) is 4.79 Å². The number of aryl methyl sites for hydroxylation is 1. The Kier molecular flexibility index (Phi) is 4.18. The Bertz CT molecular complexity index is 360. The first kappa shape index (κ1) is 12.2. The van der Waals surface area contributed by atoms with Crippen LogP contribution < -0.4 is 0 Å². The van der Waals surface area contributed by atoms with Crippen LogP contribution in [0.2, 0.25) is 0 Å². The van der Waals surface area contributed by atoms with Crippen LogP contribution >= 0.6 is 0 Å². The molecule has 1 fully saturated rings. The Balaban J connectivity index is 1.71. The molecule has 2 nitrogen and oxygen atoms in total. The molecule has 1 aliphatic heterocycles. The van der Waals surface area contributed by atoms with Crippen LogP contribution in [0.5, 0.6) is 0 Å². The molecule has 1 amide bonds. The highest BCUT2D eigenvalue weighted by molar-refractivity contribution is 5.76. The lowest BCUT2D eigenvalue weighted by Crippen LogP contribution is -2.35. The zero-order valence-corrected chi connectivity index (χ0v) is 10.6.